The van der Waals surface area contributed by atoms with Gasteiger partial charge in [-0.05, 0) is 18.4 Å². The summed E-state index contributed by atoms with van der Waals surface area (Å²) in [6.07, 6.45) is 1.46. The molecule has 0 spiro atoms. The molecule has 0 aliphatic rings. The van der Waals surface area contributed by atoms with E-state index in [-0.39, 0.29) is 19.1 Å². The Balaban J connectivity index is 3.16. The van der Waals surface area contributed by atoms with Crippen LogP contribution >= 0.6 is 0 Å². The minimum absolute atomic E-state index is 0.108. The van der Waals surface area contributed by atoms with Crippen LogP contribution in [0.4, 0.5) is 0 Å². The Labute approximate surface area is 94.7 Å². The summed E-state index contributed by atoms with van der Waals surface area (Å²) in [5, 5.41) is 25.6. The molecule has 0 amide bonds. The molecule has 0 aliphatic heterocycles. The minimum Gasteiger partial charge on any atom is -0.473 e. The van der Waals surface area contributed by atoms with E-state index in [4.69, 9.17) is 15.1 Å². The number of aryl methyl sites for hydroxylation is 1. The number of ether oxygens (including phenoxy) is 1. The lowest BCUT2D eigenvalue weighted by atomic mass is 10.0. The van der Waals surface area contributed by atoms with Gasteiger partial charge in [0, 0.05) is 0 Å². The third-order valence-corrected chi connectivity index (χ3v) is 2.26. The summed E-state index contributed by atoms with van der Waals surface area (Å²) in [7, 11) is 0. The van der Waals surface area contributed by atoms with E-state index in [0.29, 0.717) is 5.56 Å². The molecular formula is C11H15N3O2. The second-order valence-corrected chi connectivity index (χ2v) is 3.20. The van der Waals surface area contributed by atoms with Crippen LogP contribution in [0.2, 0.25) is 0 Å². The Kier molecular flexibility index (Phi) is 4.67. The summed E-state index contributed by atoms with van der Waals surface area (Å²) in [5.41, 5.74) is 2.14. The zero-order valence-corrected chi connectivity index (χ0v) is 9.53. The van der Waals surface area contributed by atoms with E-state index in [1.807, 2.05) is 13.8 Å². The molecule has 0 saturated carbocycles. The van der Waals surface area contributed by atoms with Crippen molar-refractivity contribution in [3.8, 4) is 11.9 Å². The zero-order chi connectivity index (χ0) is 12.0. The lowest BCUT2D eigenvalue weighted by molar-refractivity contribution is 0.195. The third-order valence-electron chi connectivity index (χ3n) is 2.26. The highest BCUT2D eigenvalue weighted by atomic mass is 16.5. The van der Waals surface area contributed by atoms with Gasteiger partial charge in [0.1, 0.15) is 18.2 Å². The highest BCUT2D eigenvalue weighted by molar-refractivity contribution is 5.46. The molecular weight excluding hydrogens is 206 g/mol. The number of nitrogens with zero attached hydrogens (tertiary/aromatic N) is 3. The standard InChI is InChI=1S/C11H15N3O2/c1-3-8-9(7-12)11(16-6-5-15)14-13-10(8)4-2/h15H,3-6H2,1-2H3. The van der Waals surface area contributed by atoms with Crippen LogP contribution in [-0.4, -0.2) is 28.5 Å². The number of hydrogen-bond acceptors (Lipinski definition) is 5. The van der Waals surface area contributed by atoms with E-state index in [1.54, 1.807) is 0 Å². The van der Waals surface area contributed by atoms with Gasteiger partial charge in [0.05, 0.1) is 12.3 Å². The fraction of sp³-hybridized carbons (Fsp3) is 0.545. The van der Waals surface area contributed by atoms with Gasteiger partial charge in [-0.15, -0.1) is 5.10 Å². The van der Waals surface area contributed by atoms with Gasteiger partial charge < -0.3 is 9.84 Å². The van der Waals surface area contributed by atoms with Gasteiger partial charge in [-0.2, -0.15) is 10.4 Å². The van der Waals surface area contributed by atoms with Crippen LogP contribution in [0.25, 0.3) is 0 Å². The molecule has 1 heterocycles. The van der Waals surface area contributed by atoms with Crippen LogP contribution in [0.3, 0.4) is 0 Å². The van der Waals surface area contributed by atoms with Gasteiger partial charge >= 0.3 is 0 Å². The second kappa shape index (κ2) is 6.03. The van der Waals surface area contributed by atoms with E-state index in [1.165, 1.54) is 0 Å². The summed E-state index contributed by atoms with van der Waals surface area (Å²) in [6.45, 7) is 3.95. The Morgan fingerprint density at radius 2 is 2.06 bits per heavy atom. The van der Waals surface area contributed by atoms with Gasteiger partial charge in [0.25, 0.3) is 5.88 Å². The smallest absolute Gasteiger partial charge is 0.251 e. The largest absolute Gasteiger partial charge is 0.473 e. The van der Waals surface area contributed by atoms with E-state index in [2.05, 4.69) is 16.3 Å². The predicted octanol–water partition coefficient (Wildman–Crippen LogP) is 0.844. The Bertz CT molecular complexity index is 399. The minimum atomic E-state index is -0.108. The monoisotopic (exact) mass is 221 g/mol. The lowest BCUT2D eigenvalue weighted by Crippen LogP contribution is -2.09. The first-order valence-corrected chi connectivity index (χ1v) is 5.30. The molecule has 1 aromatic heterocycles. The molecule has 0 atom stereocenters. The van der Waals surface area contributed by atoms with Crippen LogP contribution in [0.1, 0.15) is 30.7 Å². The van der Waals surface area contributed by atoms with Crippen LogP contribution in [0, 0.1) is 11.3 Å². The van der Waals surface area contributed by atoms with Gasteiger partial charge in [-0.25, -0.2) is 0 Å². The van der Waals surface area contributed by atoms with Gasteiger partial charge in [0.2, 0.25) is 0 Å². The topological polar surface area (TPSA) is 79.0 Å². The first-order chi connectivity index (χ1) is 7.78. The van der Waals surface area contributed by atoms with E-state index < -0.39 is 0 Å². The first kappa shape index (κ1) is 12.4. The molecule has 5 nitrogen and oxygen atoms in total. The van der Waals surface area contributed by atoms with Crippen molar-refractivity contribution in [2.45, 2.75) is 26.7 Å². The van der Waals surface area contributed by atoms with Crippen molar-refractivity contribution in [3.05, 3.63) is 16.8 Å². The number of aromatic nitrogens is 2. The summed E-state index contributed by atoms with van der Waals surface area (Å²) in [4.78, 5) is 0. The first-order valence-electron chi connectivity index (χ1n) is 5.30. The number of nitriles is 1. The number of aliphatic hydroxyl groups excluding tert-OH is 1. The van der Waals surface area contributed by atoms with E-state index >= 15 is 0 Å². The van der Waals surface area contributed by atoms with Gasteiger partial charge in [-0.1, -0.05) is 13.8 Å². The molecule has 5 heteroatoms. The quantitative estimate of drug-likeness (QED) is 0.797. The molecule has 1 rings (SSSR count). The van der Waals surface area contributed by atoms with Crippen LogP contribution in [0.5, 0.6) is 5.88 Å². The third kappa shape index (κ3) is 2.47. The zero-order valence-electron chi connectivity index (χ0n) is 9.53. The summed E-state index contributed by atoms with van der Waals surface area (Å²) < 4.78 is 5.17. The van der Waals surface area contributed by atoms with Crippen molar-refractivity contribution in [2.75, 3.05) is 13.2 Å². The second-order valence-electron chi connectivity index (χ2n) is 3.20. The average Bonchev–Trinajstić information content (AvgIpc) is 2.34. The molecule has 0 fully saturated rings. The van der Waals surface area contributed by atoms with E-state index in [9.17, 15) is 0 Å². The van der Waals surface area contributed by atoms with Crippen molar-refractivity contribution in [1.82, 2.24) is 10.2 Å². The predicted molar refractivity (Wildman–Crippen MR) is 58.1 cm³/mol. The number of aliphatic hydroxyl groups is 1. The summed E-state index contributed by atoms with van der Waals surface area (Å²) in [6, 6.07) is 2.09. The van der Waals surface area contributed by atoms with Gasteiger partial charge in [0.15, 0.2) is 0 Å². The highest BCUT2D eigenvalue weighted by Crippen LogP contribution is 2.21. The fourth-order valence-corrected chi connectivity index (χ4v) is 1.51. The van der Waals surface area contributed by atoms with Crippen molar-refractivity contribution < 1.29 is 9.84 Å². The maximum atomic E-state index is 9.09. The maximum absolute atomic E-state index is 9.09. The van der Waals surface area contributed by atoms with Gasteiger partial charge in [-0.3, -0.25) is 0 Å². The average molecular weight is 221 g/mol. The van der Waals surface area contributed by atoms with E-state index in [0.717, 1.165) is 24.1 Å². The molecule has 0 unspecified atom stereocenters. The van der Waals surface area contributed by atoms with Crippen molar-refractivity contribution in [2.24, 2.45) is 0 Å². The molecule has 0 bridgehead atoms. The number of hydrogen-bond donors (Lipinski definition) is 1. The molecule has 0 radical (unpaired) electrons. The Morgan fingerprint density at radius 3 is 2.56 bits per heavy atom. The highest BCUT2D eigenvalue weighted by Gasteiger charge is 2.14. The van der Waals surface area contributed by atoms with Crippen molar-refractivity contribution >= 4 is 0 Å². The van der Waals surface area contributed by atoms with Crippen LogP contribution in [-0.2, 0) is 12.8 Å². The Morgan fingerprint density at radius 1 is 1.31 bits per heavy atom. The van der Waals surface area contributed by atoms with Crippen LogP contribution < -0.4 is 4.74 Å². The molecule has 0 aliphatic carbocycles. The molecule has 0 saturated heterocycles. The molecule has 86 valence electrons. The molecule has 0 aromatic carbocycles. The molecule has 1 N–H and O–H groups in total. The summed E-state index contributed by atoms with van der Waals surface area (Å²) >= 11 is 0. The van der Waals surface area contributed by atoms with Crippen molar-refractivity contribution in [3.63, 3.8) is 0 Å². The fourth-order valence-electron chi connectivity index (χ4n) is 1.51. The number of rotatable bonds is 5. The Hall–Kier alpha value is -1.67. The lowest BCUT2D eigenvalue weighted by Gasteiger charge is -2.10. The normalized spacial score (nSPS) is 9.88. The van der Waals surface area contributed by atoms with Crippen molar-refractivity contribution in [1.29, 1.82) is 5.26 Å². The molecule has 16 heavy (non-hydrogen) atoms. The maximum Gasteiger partial charge on any atom is 0.251 e. The summed E-state index contributed by atoms with van der Waals surface area (Å²) in [5.74, 6) is 0.214. The van der Waals surface area contributed by atoms with Crippen LogP contribution in [0.15, 0.2) is 0 Å². The SMILES string of the molecule is CCc1nnc(OCCO)c(C#N)c1CC. The molecule has 1 aromatic rings.